The van der Waals surface area contributed by atoms with Gasteiger partial charge in [-0.05, 0) is 32.9 Å². The highest BCUT2D eigenvalue weighted by Crippen LogP contribution is 2.41. The molecule has 3 nitrogen and oxygen atoms in total. The fourth-order valence-corrected chi connectivity index (χ4v) is 17.0. The minimum Gasteiger partial charge on any atom is -0.466 e. The fraction of sp³-hybridized carbons (Fsp3) is 0. The zero-order chi connectivity index (χ0) is 29.8. The summed E-state index contributed by atoms with van der Waals surface area (Å²) in [6.45, 7) is 0. The van der Waals surface area contributed by atoms with Gasteiger partial charge in [-0.1, -0.05) is 158 Å². The summed E-state index contributed by atoms with van der Waals surface area (Å²) in [4.78, 5) is 0. The Balaban J connectivity index is 1.47. The zero-order valence-electron chi connectivity index (χ0n) is 24.4. The molecule has 0 atom stereocenters. The van der Waals surface area contributed by atoms with Gasteiger partial charge in [0.15, 0.2) is 0 Å². The van der Waals surface area contributed by atoms with E-state index in [9.17, 15) is 0 Å². The minimum absolute atomic E-state index is 0.696. The number of rotatable bonds is 4. The third-order valence-electron chi connectivity index (χ3n) is 9.34. The number of para-hydroxylation sites is 2. The predicted octanol–water partition coefficient (Wildman–Crippen LogP) is 4.25. The Morgan fingerprint density at radius 3 is 0.933 bits per heavy atom. The second-order valence-corrected chi connectivity index (χ2v) is 18.9. The molecule has 0 saturated heterocycles. The molecule has 0 fully saturated rings. The molecule has 0 amide bonds. The number of hydrogen-bond acceptors (Lipinski definition) is 3. The first-order chi connectivity index (χ1) is 22.3. The van der Waals surface area contributed by atoms with Gasteiger partial charge in [0.2, 0.25) is 27.6 Å². The smallest absolute Gasteiger partial charge is 0.232 e. The summed E-state index contributed by atoms with van der Waals surface area (Å²) >= 11 is 0. The molecular formula is C40H28O3Si2. The fourth-order valence-electron chi connectivity index (χ4n) is 7.51. The molecule has 7 aromatic rings. The molecule has 214 valence electrons. The zero-order valence-corrected chi connectivity index (χ0v) is 26.4. The van der Waals surface area contributed by atoms with Crippen molar-refractivity contribution in [1.29, 1.82) is 0 Å². The second kappa shape index (κ2) is 10.1. The van der Waals surface area contributed by atoms with Crippen molar-refractivity contribution in [2.24, 2.45) is 0 Å². The van der Waals surface area contributed by atoms with Crippen LogP contribution in [-0.2, 0) is 0 Å². The van der Waals surface area contributed by atoms with E-state index in [1.165, 1.54) is 31.1 Å². The molecule has 0 N–H and O–H groups in total. The minimum atomic E-state index is -3.01. The van der Waals surface area contributed by atoms with Crippen molar-refractivity contribution in [2.75, 3.05) is 0 Å². The Morgan fingerprint density at radius 2 is 0.600 bits per heavy atom. The summed E-state index contributed by atoms with van der Waals surface area (Å²) in [6.07, 6.45) is 0. The third-order valence-corrected chi connectivity index (χ3v) is 18.6. The van der Waals surface area contributed by atoms with Crippen LogP contribution in [0.15, 0.2) is 174 Å². The highest BCUT2D eigenvalue weighted by atomic mass is 28.3. The molecule has 0 bridgehead atoms. The van der Waals surface area contributed by atoms with Gasteiger partial charge in [-0.3, -0.25) is 0 Å². The van der Waals surface area contributed by atoms with E-state index < -0.39 is 16.1 Å². The van der Waals surface area contributed by atoms with Gasteiger partial charge in [0, 0.05) is 10.4 Å². The monoisotopic (exact) mass is 612 g/mol. The molecule has 0 spiro atoms. The van der Waals surface area contributed by atoms with E-state index in [-0.39, 0.29) is 0 Å². The van der Waals surface area contributed by atoms with Crippen LogP contribution >= 0.6 is 0 Å². The van der Waals surface area contributed by atoms with Gasteiger partial charge in [-0.25, -0.2) is 0 Å². The number of benzene rings is 6. The van der Waals surface area contributed by atoms with Gasteiger partial charge in [0.05, 0.1) is 0 Å². The molecule has 1 aromatic heterocycles. The van der Waals surface area contributed by atoms with Crippen molar-refractivity contribution in [3.63, 3.8) is 0 Å². The quantitative estimate of drug-likeness (QED) is 0.279. The summed E-state index contributed by atoms with van der Waals surface area (Å²) < 4.78 is 21.4. The Hall–Kier alpha value is -5.37. The van der Waals surface area contributed by atoms with Crippen LogP contribution in [0, 0.1) is 0 Å². The first-order valence-corrected chi connectivity index (χ1v) is 19.3. The van der Waals surface area contributed by atoms with E-state index in [1.54, 1.807) is 0 Å². The predicted molar refractivity (Wildman–Crippen MR) is 186 cm³/mol. The molecule has 0 radical (unpaired) electrons. The summed E-state index contributed by atoms with van der Waals surface area (Å²) in [5.41, 5.74) is 0. The standard InChI is InChI=1S/C40H28O3Si2/c1-5-17-29(18-6-1)44(30-19-7-2-8-20-30)35-27-15-13-25-33(35)41-37-38-40(43-39(37)44)45(31-21-9-3-10-22-31,32-23-11-4-12-24-32)36-28-16-14-26-34(36)42-38/h1-28H. The van der Waals surface area contributed by atoms with Crippen molar-refractivity contribution in [2.45, 2.75) is 0 Å². The van der Waals surface area contributed by atoms with E-state index in [0.29, 0.717) is 11.5 Å². The van der Waals surface area contributed by atoms with Crippen LogP contribution in [0.4, 0.5) is 0 Å². The van der Waals surface area contributed by atoms with Crippen LogP contribution in [-0.4, -0.2) is 16.1 Å². The van der Waals surface area contributed by atoms with Crippen molar-refractivity contribution < 1.29 is 13.9 Å². The molecule has 3 heterocycles. The first-order valence-electron chi connectivity index (χ1n) is 15.3. The average Bonchev–Trinajstić information content (AvgIpc) is 3.49. The average molecular weight is 613 g/mol. The van der Waals surface area contributed by atoms with Crippen molar-refractivity contribution in [3.8, 4) is 23.0 Å². The van der Waals surface area contributed by atoms with Gasteiger partial charge in [0.25, 0.3) is 0 Å². The van der Waals surface area contributed by atoms with Crippen LogP contribution in [0.5, 0.6) is 23.0 Å². The maximum Gasteiger partial charge on any atom is 0.232 e. The van der Waals surface area contributed by atoms with Gasteiger partial charge in [-0.15, -0.1) is 0 Å². The molecule has 45 heavy (non-hydrogen) atoms. The van der Waals surface area contributed by atoms with Crippen LogP contribution < -0.4 is 51.4 Å². The molecular weight excluding hydrogens is 585 g/mol. The summed E-state index contributed by atoms with van der Waals surface area (Å²) in [6, 6.07) is 60.3. The Kier molecular flexibility index (Phi) is 5.85. The summed E-state index contributed by atoms with van der Waals surface area (Å²) in [5, 5.41) is 9.05. The highest BCUT2D eigenvalue weighted by Gasteiger charge is 2.58. The van der Waals surface area contributed by atoms with Gasteiger partial charge in [-0.2, -0.15) is 0 Å². The van der Waals surface area contributed by atoms with E-state index in [2.05, 4.69) is 170 Å². The normalized spacial score (nSPS) is 14.9. The molecule has 2 aliphatic rings. The third kappa shape index (κ3) is 3.56. The van der Waals surface area contributed by atoms with Gasteiger partial charge < -0.3 is 13.9 Å². The molecule has 5 heteroatoms. The molecule has 9 rings (SSSR count). The first kappa shape index (κ1) is 26.1. The van der Waals surface area contributed by atoms with E-state index in [1.807, 2.05) is 0 Å². The van der Waals surface area contributed by atoms with Crippen molar-refractivity contribution >= 4 is 58.0 Å². The van der Waals surface area contributed by atoms with Crippen molar-refractivity contribution in [1.82, 2.24) is 0 Å². The SMILES string of the molecule is c1ccc([Si]2(c3ccccc3)c3ccccc3Oc3c2oc2c3Oc3ccccc3[Si]2(c2ccccc2)c2ccccc2)cc1. The lowest BCUT2D eigenvalue weighted by Crippen LogP contribution is -2.77. The lowest BCUT2D eigenvalue weighted by atomic mass is 10.3. The number of ether oxygens (including phenoxy) is 2. The van der Waals surface area contributed by atoms with Crippen LogP contribution in [0.3, 0.4) is 0 Å². The molecule has 2 aliphatic heterocycles. The van der Waals surface area contributed by atoms with E-state index in [0.717, 1.165) is 22.3 Å². The lowest BCUT2D eigenvalue weighted by molar-refractivity contribution is 0.427. The highest BCUT2D eigenvalue weighted by molar-refractivity contribution is 7.22. The van der Waals surface area contributed by atoms with Crippen LogP contribution in [0.1, 0.15) is 0 Å². The second-order valence-electron chi connectivity index (χ2n) is 11.6. The molecule has 0 saturated carbocycles. The maximum absolute atomic E-state index is 7.57. The van der Waals surface area contributed by atoms with Crippen LogP contribution in [0.25, 0.3) is 0 Å². The number of furan rings is 1. The Morgan fingerprint density at radius 1 is 0.311 bits per heavy atom. The Labute approximate surface area is 264 Å². The lowest BCUT2D eigenvalue weighted by Gasteiger charge is -2.36. The number of hydrogen-bond donors (Lipinski definition) is 0. The van der Waals surface area contributed by atoms with Crippen LogP contribution in [0.2, 0.25) is 0 Å². The van der Waals surface area contributed by atoms with Crippen molar-refractivity contribution in [3.05, 3.63) is 170 Å². The van der Waals surface area contributed by atoms with Gasteiger partial charge in [0.1, 0.15) is 22.3 Å². The van der Waals surface area contributed by atoms with E-state index in [4.69, 9.17) is 13.9 Å². The largest absolute Gasteiger partial charge is 0.466 e. The summed E-state index contributed by atoms with van der Waals surface area (Å²) in [5.74, 6) is 3.09. The molecule has 0 aliphatic carbocycles. The molecule has 0 unspecified atom stereocenters. The van der Waals surface area contributed by atoms with E-state index >= 15 is 0 Å². The maximum atomic E-state index is 7.57. The van der Waals surface area contributed by atoms with Gasteiger partial charge >= 0.3 is 0 Å². The number of fused-ring (bicyclic) bond motifs is 5. The molecule has 6 aromatic carbocycles. The topological polar surface area (TPSA) is 31.6 Å². The Bertz CT molecular complexity index is 1930. The summed E-state index contributed by atoms with van der Waals surface area (Å²) in [7, 11) is -6.02.